The molecule has 2 aromatic carbocycles. The van der Waals surface area contributed by atoms with Gasteiger partial charge in [-0.1, -0.05) is 29.8 Å². The summed E-state index contributed by atoms with van der Waals surface area (Å²) in [5.41, 5.74) is 0.812. The molecule has 0 saturated heterocycles. The summed E-state index contributed by atoms with van der Waals surface area (Å²) < 4.78 is 14.1. The molecule has 1 heterocycles. The molecule has 118 valence electrons. The smallest absolute Gasteiger partial charge is 0.270 e. The second-order valence-corrected chi connectivity index (χ2v) is 6.92. The van der Waals surface area contributed by atoms with Gasteiger partial charge < -0.3 is 4.90 Å². The van der Waals surface area contributed by atoms with Gasteiger partial charge in [0.25, 0.3) is 5.91 Å². The van der Waals surface area contributed by atoms with Crippen molar-refractivity contribution in [3.63, 3.8) is 0 Å². The Labute approximate surface area is 143 Å². The molecule has 0 fully saturated rings. The van der Waals surface area contributed by atoms with Crippen LogP contribution in [-0.2, 0) is 0 Å². The summed E-state index contributed by atoms with van der Waals surface area (Å²) in [5.74, 6) is -0.504. The molecule has 0 aliphatic rings. The number of benzene rings is 2. The lowest BCUT2D eigenvalue weighted by molar-refractivity contribution is 0.0984. The SMILES string of the molecule is CC(C)N(C(=O)c1sc2cc(F)ccc2c1Cl)c1ccccc1. The van der Waals surface area contributed by atoms with E-state index in [0.29, 0.717) is 20.0 Å². The second kappa shape index (κ2) is 6.30. The van der Waals surface area contributed by atoms with Crippen LogP contribution >= 0.6 is 22.9 Å². The van der Waals surface area contributed by atoms with Gasteiger partial charge in [-0.25, -0.2) is 4.39 Å². The molecule has 5 heteroatoms. The average molecular weight is 348 g/mol. The number of nitrogens with zero attached hydrogens (tertiary/aromatic N) is 1. The average Bonchev–Trinajstić information content (AvgIpc) is 2.84. The van der Waals surface area contributed by atoms with Gasteiger partial charge >= 0.3 is 0 Å². The summed E-state index contributed by atoms with van der Waals surface area (Å²) in [6, 6.07) is 13.8. The molecular formula is C18H15ClFNOS. The van der Waals surface area contributed by atoms with E-state index in [1.807, 2.05) is 44.2 Å². The highest BCUT2D eigenvalue weighted by Crippen LogP contribution is 2.37. The largest absolute Gasteiger partial charge is 0.305 e. The molecular weight excluding hydrogens is 333 g/mol. The predicted octanol–water partition coefficient (Wildman–Crippen LogP) is 5.75. The highest BCUT2D eigenvalue weighted by Gasteiger charge is 2.25. The summed E-state index contributed by atoms with van der Waals surface area (Å²) in [6.45, 7) is 3.90. The number of thiophene rings is 1. The Kier molecular flexibility index (Phi) is 4.37. The van der Waals surface area contributed by atoms with Crippen LogP contribution in [0.5, 0.6) is 0 Å². The lowest BCUT2D eigenvalue weighted by atomic mass is 10.2. The van der Waals surface area contributed by atoms with Crippen molar-refractivity contribution in [3.05, 3.63) is 64.2 Å². The summed E-state index contributed by atoms with van der Waals surface area (Å²) >= 11 is 7.60. The molecule has 0 N–H and O–H groups in total. The third kappa shape index (κ3) is 2.96. The Morgan fingerprint density at radius 1 is 1.17 bits per heavy atom. The molecule has 3 rings (SSSR count). The van der Waals surface area contributed by atoms with Gasteiger partial charge in [-0.3, -0.25) is 4.79 Å². The first-order valence-electron chi connectivity index (χ1n) is 7.25. The minimum atomic E-state index is -0.335. The Bertz CT molecular complexity index is 860. The van der Waals surface area contributed by atoms with Gasteiger partial charge in [0.15, 0.2) is 0 Å². The number of fused-ring (bicyclic) bond motifs is 1. The Morgan fingerprint density at radius 3 is 2.52 bits per heavy atom. The standard InChI is InChI=1S/C18H15ClFNOS/c1-11(2)21(13-6-4-3-5-7-13)18(22)17-16(19)14-9-8-12(20)10-15(14)23-17/h3-11H,1-2H3. The third-order valence-electron chi connectivity index (χ3n) is 3.56. The van der Waals surface area contributed by atoms with Crippen LogP contribution in [0.3, 0.4) is 0 Å². The molecule has 0 spiro atoms. The number of amides is 1. The van der Waals surface area contributed by atoms with Gasteiger partial charge in [0.05, 0.1) is 5.02 Å². The highest BCUT2D eigenvalue weighted by atomic mass is 35.5. The van der Waals surface area contributed by atoms with Gasteiger partial charge in [0.2, 0.25) is 0 Å². The first kappa shape index (κ1) is 16.0. The summed E-state index contributed by atoms with van der Waals surface area (Å²) in [5, 5.41) is 1.09. The molecule has 3 aromatic rings. The van der Waals surface area contributed by atoms with Crippen molar-refractivity contribution in [2.75, 3.05) is 4.90 Å². The van der Waals surface area contributed by atoms with Crippen molar-refractivity contribution in [1.82, 2.24) is 0 Å². The van der Waals surface area contributed by atoms with Crippen LogP contribution < -0.4 is 4.90 Å². The van der Waals surface area contributed by atoms with E-state index in [2.05, 4.69) is 0 Å². The summed E-state index contributed by atoms with van der Waals surface area (Å²) in [7, 11) is 0. The second-order valence-electron chi connectivity index (χ2n) is 5.49. The van der Waals surface area contributed by atoms with Crippen LogP contribution in [0.15, 0.2) is 48.5 Å². The van der Waals surface area contributed by atoms with Gasteiger partial charge in [-0.2, -0.15) is 0 Å². The van der Waals surface area contributed by atoms with E-state index < -0.39 is 0 Å². The zero-order valence-corrected chi connectivity index (χ0v) is 14.3. The van der Waals surface area contributed by atoms with Crippen LogP contribution in [0.25, 0.3) is 10.1 Å². The van der Waals surface area contributed by atoms with Gasteiger partial charge in [-0.15, -0.1) is 11.3 Å². The number of carbonyl (C=O) groups is 1. The van der Waals surface area contributed by atoms with E-state index in [0.717, 1.165) is 5.69 Å². The van der Waals surface area contributed by atoms with Crippen LogP contribution in [0, 0.1) is 5.82 Å². The molecule has 0 aliphatic heterocycles. The van der Waals surface area contributed by atoms with E-state index in [-0.39, 0.29) is 17.8 Å². The minimum absolute atomic E-state index is 0.0251. The lowest BCUT2D eigenvalue weighted by Crippen LogP contribution is -2.36. The van der Waals surface area contributed by atoms with Crippen LogP contribution in [-0.4, -0.2) is 11.9 Å². The van der Waals surface area contributed by atoms with Crippen molar-refractivity contribution in [2.24, 2.45) is 0 Å². The van der Waals surface area contributed by atoms with E-state index in [1.54, 1.807) is 11.0 Å². The molecule has 23 heavy (non-hydrogen) atoms. The fourth-order valence-corrected chi connectivity index (χ4v) is 4.00. The number of rotatable bonds is 3. The fourth-order valence-electron chi connectivity index (χ4n) is 2.52. The number of carbonyl (C=O) groups excluding carboxylic acids is 1. The molecule has 0 unspecified atom stereocenters. The first-order valence-corrected chi connectivity index (χ1v) is 8.44. The van der Waals surface area contributed by atoms with Gasteiger partial charge in [0.1, 0.15) is 10.7 Å². The number of anilines is 1. The van der Waals surface area contributed by atoms with E-state index >= 15 is 0 Å². The first-order chi connectivity index (χ1) is 11.0. The molecule has 0 saturated carbocycles. The Balaban J connectivity index is 2.09. The molecule has 0 aliphatic carbocycles. The third-order valence-corrected chi connectivity index (χ3v) is 5.20. The maximum atomic E-state index is 13.4. The van der Waals surface area contributed by atoms with Gasteiger partial charge in [-0.05, 0) is 44.2 Å². The molecule has 0 atom stereocenters. The summed E-state index contributed by atoms with van der Waals surface area (Å²) in [4.78, 5) is 15.2. The fraction of sp³-hybridized carbons (Fsp3) is 0.167. The van der Waals surface area contributed by atoms with Crippen molar-refractivity contribution in [1.29, 1.82) is 0 Å². The number of hydrogen-bond donors (Lipinski definition) is 0. The zero-order valence-electron chi connectivity index (χ0n) is 12.7. The van der Waals surface area contributed by atoms with E-state index in [4.69, 9.17) is 11.6 Å². The maximum absolute atomic E-state index is 13.4. The molecule has 0 radical (unpaired) electrons. The predicted molar refractivity (Wildman–Crippen MR) is 95.2 cm³/mol. The van der Waals surface area contributed by atoms with Gasteiger partial charge in [0, 0.05) is 21.8 Å². The number of para-hydroxylation sites is 1. The van der Waals surface area contributed by atoms with E-state index in [9.17, 15) is 9.18 Å². The topological polar surface area (TPSA) is 20.3 Å². The van der Waals surface area contributed by atoms with Crippen molar-refractivity contribution in [3.8, 4) is 0 Å². The van der Waals surface area contributed by atoms with Crippen LogP contribution in [0.2, 0.25) is 5.02 Å². The summed E-state index contributed by atoms with van der Waals surface area (Å²) in [6.07, 6.45) is 0. The lowest BCUT2D eigenvalue weighted by Gasteiger charge is -2.26. The highest BCUT2D eigenvalue weighted by molar-refractivity contribution is 7.21. The number of halogens is 2. The molecule has 1 aromatic heterocycles. The van der Waals surface area contributed by atoms with E-state index in [1.165, 1.54) is 23.5 Å². The molecule has 2 nitrogen and oxygen atoms in total. The van der Waals surface area contributed by atoms with Crippen molar-refractivity contribution < 1.29 is 9.18 Å². The monoisotopic (exact) mass is 347 g/mol. The molecule has 1 amide bonds. The van der Waals surface area contributed by atoms with Crippen molar-refractivity contribution in [2.45, 2.75) is 19.9 Å². The Morgan fingerprint density at radius 2 is 1.87 bits per heavy atom. The van der Waals surface area contributed by atoms with Crippen molar-refractivity contribution >= 4 is 44.6 Å². The van der Waals surface area contributed by atoms with Crippen LogP contribution in [0.1, 0.15) is 23.5 Å². The normalized spacial score (nSPS) is 11.2. The molecule has 0 bridgehead atoms. The maximum Gasteiger partial charge on any atom is 0.270 e. The zero-order chi connectivity index (χ0) is 16.6. The quantitative estimate of drug-likeness (QED) is 0.590. The van der Waals surface area contributed by atoms with Crippen LogP contribution in [0.4, 0.5) is 10.1 Å². The minimum Gasteiger partial charge on any atom is -0.305 e. The Hall–Kier alpha value is -1.91. The number of hydrogen-bond acceptors (Lipinski definition) is 2.